The molecule has 4 heteroatoms. The molecule has 0 saturated carbocycles. The largest absolute Gasteiger partial charge is 0.455 e. The molecule has 3 aromatic heterocycles. The van der Waals surface area contributed by atoms with Crippen LogP contribution in [-0.4, -0.2) is 9.97 Å². The second kappa shape index (κ2) is 11.5. The van der Waals surface area contributed by atoms with E-state index in [9.17, 15) is 0 Å². The number of fused-ring (bicyclic) bond motifs is 8. The first-order chi connectivity index (χ1) is 25.7. The molecule has 0 unspecified atom stereocenters. The zero-order chi connectivity index (χ0) is 34.2. The Labute approximate surface area is 303 Å². The molecule has 0 aliphatic rings. The lowest BCUT2D eigenvalue weighted by atomic mass is 9.97. The molecule has 11 aromatic rings. The van der Waals surface area contributed by atoms with Gasteiger partial charge in [0, 0.05) is 37.5 Å². The maximum Gasteiger partial charge on any atom is 0.161 e. The maximum atomic E-state index is 6.72. The summed E-state index contributed by atoms with van der Waals surface area (Å²) in [4.78, 5) is 10.7. The predicted molar refractivity (Wildman–Crippen MR) is 219 cm³/mol. The minimum absolute atomic E-state index is 0.692. The lowest BCUT2D eigenvalue weighted by Gasteiger charge is -2.09. The summed E-state index contributed by atoms with van der Waals surface area (Å²) in [5, 5.41) is 8.11. The van der Waals surface area contributed by atoms with Gasteiger partial charge in [-0.1, -0.05) is 146 Å². The fourth-order valence-electron chi connectivity index (χ4n) is 7.72. The summed E-state index contributed by atoms with van der Waals surface area (Å²) >= 11 is 1.76. The van der Waals surface area contributed by atoms with E-state index in [0.29, 0.717) is 5.82 Å². The van der Waals surface area contributed by atoms with Gasteiger partial charge in [-0.05, 0) is 62.5 Å². The van der Waals surface area contributed by atoms with E-state index in [4.69, 9.17) is 14.4 Å². The van der Waals surface area contributed by atoms with Gasteiger partial charge in [0.2, 0.25) is 0 Å². The molecule has 0 spiro atoms. The molecule has 0 fully saturated rings. The lowest BCUT2D eigenvalue weighted by Crippen LogP contribution is -1.94. The first-order valence-electron chi connectivity index (χ1n) is 17.5. The Morgan fingerprint density at radius 3 is 1.87 bits per heavy atom. The van der Waals surface area contributed by atoms with Crippen LogP contribution in [0, 0.1) is 0 Å². The summed E-state index contributed by atoms with van der Waals surface area (Å²) in [6.07, 6.45) is 0. The van der Waals surface area contributed by atoms with Gasteiger partial charge < -0.3 is 4.42 Å². The van der Waals surface area contributed by atoms with Crippen molar-refractivity contribution in [2.24, 2.45) is 0 Å². The molecule has 0 bridgehead atoms. The van der Waals surface area contributed by atoms with E-state index in [1.807, 2.05) is 12.1 Å². The van der Waals surface area contributed by atoms with Gasteiger partial charge in [-0.15, -0.1) is 11.3 Å². The Morgan fingerprint density at radius 2 is 1.06 bits per heavy atom. The number of furan rings is 1. The zero-order valence-electron chi connectivity index (χ0n) is 27.9. The summed E-state index contributed by atoms with van der Waals surface area (Å²) in [5.74, 6) is 0.692. The van der Waals surface area contributed by atoms with E-state index in [1.54, 1.807) is 11.3 Å². The second-order valence-corrected chi connectivity index (χ2v) is 14.4. The van der Waals surface area contributed by atoms with Crippen molar-refractivity contribution in [3.63, 3.8) is 0 Å². The monoisotopic (exact) mass is 680 g/mol. The molecule has 0 atom stereocenters. The van der Waals surface area contributed by atoms with E-state index in [2.05, 4.69) is 158 Å². The highest BCUT2D eigenvalue weighted by Crippen LogP contribution is 2.43. The number of thiophene rings is 1. The molecule has 0 aliphatic carbocycles. The van der Waals surface area contributed by atoms with Crippen LogP contribution in [0.3, 0.4) is 0 Å². The first-order valence-corrected chi connectivity index (χ1v) is 18.3. The number of para-hydroxylation sites is 1. The molecular formula is C48H28N2OS. The summed E-state index contributed by atoms with van der Waals surface area (Å²) in [6.45, 7) is 0. The lowest BCUT2D eigenvalue weighted by molar-refractivity contribution is 0.670. The Hall–Kier alpha value is -6.62. The number of aromatic nitrogens is 2. The van der Waals surface area contributed by atoms with Crippen molar-refractivity contribution < 1.29 is 4.42 Å². The van der Waals surface area contributed by atoms with Gasteiger partial charge in [-0.2, -0.15) is 0 Å². The highest BCUT2D eigenvalue weighted by molar-refractivity contribution is 7.26. The molecule has 8 aromatic carbocycles. The summed E-state index contributed by atoms with van der Waals surface area (Å²) in [5.41, 5.74) is 10.2. The van der Waals surface area contributed by atoms with Gasteiger partial charge >= 0.3 is 0 Å². The predicted octanol–water partition coefficient (Wildman–Crippen LogP) is 13.7. The number of hydrogen-bond acceptors (Lipinski definition) is 4. The molecule has 52 heavy (non-hydrogen) atoms. The molecule has 0 aliphatic heterocycles. The molecule has 11 rings (SSSR count). The minimum Gasteiger partial charge on any atom is -0.455 e. The molecule has 3 heterocycles. The third kappa shape index (κ3) is 4.58. The van der Waals surface area contributed by atoms with Gasteiger partial charge in [0.25, 0.3) is 0 Å². The standard InChI is InChI=1S/C48H28N2OS/c1-3-11-33-27-35(25-21-29(33)9-1)31-19-23-32(24-20-31)37-14-7-15-39-43-40(16-8-17-41(43)51-46(37)39)48-49-44(36-26-22-30-10-2-4-12-34(30)28-36)47-45(50-48)38-13-5-6-18-42(38)52-47/h1-28H. The Kier molecular flexibility index (Phi) is 6.42. The number of hydrogen-bond donors (Lipinski definition) is 0. The summed E-state index contributed by atoms with van der Waals surface area (Å²) in [6, 6.07) is 60.2. The van der Waals surface area contributed by atoms with Gasteiger partial charge in [0.15, 0.2) is 5.82 Å². The summed E-state index contributed by atoms with van der Waals surface area (Å²) in [7, 11) is 0. The first kappa shape index (κ1) is 29.1. The molecule has 0 N–H and O–H groups in total. The van der Waals surface area contributed by atoms with Crippen molar-refractivity contribution >= 4 is 75.1 Å². The molecule has 0 amide bonds. The molecule has 242 valence electrons. The Bertz CT molecular complexity index is 3190. The quantitative estimate of drug-likeness (QED) is 0.186. The minimum atomic E-state index is 0.692. The topological polar surface area (TPSA) is 38.9 Å². The van der Waals surface area contributed by atoms with Crippen molar-refractivity contribution in [2.45, 2.75) is 0 Å². The smallest absolute Gasteiger partial charge is 0.161 e. The molecule has 0 saturated heterocycles. The van der Waals surface area contributed by atoms with E-state index < -0.39 is 0 Å². The zero-order valence-corrected chi connectivity index (χ0v) is 28.7. The van der Waals surface area contributed by atoms with Crippen LogP contribution in [0.2, 0.25) is 0 Å². The van der Waals surface area contributed by atoms with Gasteiger partial charge in [-0.25, -0.2) is 9.97 Å². The van der Waals surface area contributed by atoms with E-state index in [0.717, 1.165) is 65.5 Å². The van der Waals surface area contributed by atoms with Crippen molar-refractivity contribution in [1.29, 1.82) is 0 Å². The average molecular weight is 681 g/mol. The number of nitrogens with zero attached hydrogens (tertiary/aromatic N) is 2. The van der Waals surface area contributed by atoms with Crippen molar-refractivity contribution in [3.05, 3.63) is 170 Å². The fourth-order valence-corrected chi connectivity index (χ4v) is 8.87. The van der Waals surface area contributed by atoms with Gasteiger partial charge in [0.1, 0.15) is 11.2 Å². The van der Waals surface area contributed by atoms with Crippen LogP contribution in [0.15, 0.2) is 174 Å². The van der Waals surface area contributed by atoms with Gasteiger partial charge in [-0.3, -0.25) is 0 Å². The Morgan fingerprint density at radius 1 is 0.442 bits per heavy atom. The van der Waals surface area contributed by atoms with Crippen LogP contribution in [0.25, 0.3) is 109 Å². The second-order valence-electron chi connectivity index (χ2n) is 13.3. The highest BCUT2D eigenvalue weighted by Gasteiger charge is 2.21. The molecule has 0 radical (unpaired) electrons. The van der Waals surface area contributed by atoms with Crippen LogP contribution in [0.5, 0.6) is 0 Å². The fraction of sp³-hybridized carbons (Fsp3) is 0. The molecular weight excluding hydrogens is 653 g/mol. The number of benzene rings is 8. The normalized spacial score (nSPS) is 11.8. The van der Waals surface area contributed by atoms with E-state index >= 15 is 0 Å². The highest BCUT2D eigenvalue weighted by atomic mass is 32.1. The third-order valence-electron chi connectivity index (χ3n) is 10.3. The van der Waals surface area contributed by atoms with Crippen LogP contribution in [0.4, 0.5) is 0 Å². The summed E-state index contributed by atoms with van der Waals surface area (Å²) < 4.78 is 9.01. The van der Waals surface area contributed by atoms with E-state index in [-0.39, 0.29) is 0 Å². The van der Waals surface area contributed by atoms with E-state index in [1.165, 1.54) is 37.4 Å². The number of rotatable bonds is 4. The van der Waals surface area contributed by atoms with Crippen LogP contribution in [0.1, 0.15) is 0 Å². The van der Waals surface area contributed by atoms with Crippen molar-refractivity contribution in [3.8, 4) is 44.9 Å². The van der Waals surface area contributed by atoms with Crippen LogP contribution in [-0.2, 0) is 0 Å². The van der Waals surface area contributed by atoms with Crippen LogP contribution < -0.4 is 0 Å². The average Bonchev–Trinajstić information content (AvgIpc) is 3.79. The molecule has 3 nitrogen and oxygen atoms in total. The van der Waals surface area contributed by atoms with Crippen LogP contribution >= 0.6 is 11.3 Å². The van der Waals surface area contributed by atoms with Crippen molar-refractivity contribution in [1.82, 2.24) is 9.97 Å². The SMILES string of the molecule is c1ccc2cc(-c3ccc(-c4cccc5c4oc4cccc(-c6nc(-c7ccc8ccccc8c7)c7sc8ccccc8c7n6)c45)cc3)ccc2c1. The third-order valence-corrected chi connectivity index (χ3v) is 11.5. The van der Waals surface area contributed by atoms with Gasteiger partial charge in [0.05, 0.1) is 15.9 Å². The Balaban J connectivity index is 1.08. The maximum absolute atomic E-state index is 6.72. The van der Waals surface area contributed by atoms with Crippen molar-refractivity contribution in [2.75, 3.05) is 0 Å².